The van der Waals surface area contributed by atoms with Crippen LogP contribution in [0.3, 0.4) is 0 Å². The van der Waals surface area contributed by atoms with Crippen molar-refractivity contribution in [2.75, 3.05) is 32.8 Å². The van der Waals surface area contributed by atoms with E-state index in [1.54, 1.807) is 20.8 Å². The van der Waals surface area contributed by atoms with E-state index in [9.17, 15) is 19.5 Å². The molecule has 2 saturated heterocycles. The van der Waals surface area contributed by atoms with E-state index < -0.39 is 29.3 Å². The van der Waals surface area contributed by atoms with Crippen molar-refractivity contribution < 1.29 is 33.7 Å². The number of hydrogen-bond acceptors (Lipinski definition) is 6. The third kappa shape index (κ3) is 5.32. The van der Waals surface area contributed by atoms with Crippen LogP contribution in [0.5, 0.6) is 0 Å². The molecule has 1 aliphatic carbocycles. The second kappa shape index (κ2) is 10.5. The molecule has 5 rings (SSSR count). The Labute approximate surface area is 228 Å². The summed E-state index contributed by atoms with van der Waals surface area (Å²) >= 11 is 0. The zero-order chi connectivity index (χ0) is 27.8. The van der Waals surface area contributed by atoms with Crippen molar-refractivity contribution in [3.8, 4) is 11.1 Å². The lowest BCUT2D eigenvalue weighted by atomic mass is 9.87. The number of rotatable bonds is 7. The molecule has 39 heavy (non-hydrogen) atoms. The molecule has 1 atom stereocenters. The number of benzene rings is 2. The number of nitrogens with zero attached hydrogens (tertiary/aromatic N) is 2. The van der Waals surface area contributed by atoms with E-state index in [-0.39, 0.29) is 38.3 Å². The minimum Gasteiger partial charge on any atom is -0.479 e. The van der Waals surface area contributed by atoms with Gasteiger partial charge in [-0.2, -0.15) is 0 Å². The predicted molar refractivity (Wildman–Crippen MR) is 144 cm³/mol. The average molecular weight is 537 g/mol. The van der Waals surface area contributed by atoms with Gasteiger partial charge in [-0.3, -0.25) is 4.90 Å². The molecule has 9 nitrogen and oxygen atoms in total. The first-order chi connectivity index (χ1) is 18.6. The fourth-order valence-electron chi connectivity index (χ4n) is 5.76. The standard InChI is InChI=1S/C30H36N2O7/c1-29(2,3)39-27(35)31-18-30(19-31,26(33)34)32(15-14-20-9-8-16-37-20)28(36)38-17-25-23-12-6-4-10-21(23)22-11-5-7-13-24(22)25/h4-7,10-13,20,25H,8-9,14-19H2,1-3H3,(H,33,34). The molecule has 1 N–H and O–H groups in total. The van der Waals surface area contributed by atoms with Crippen LogP contribution in [-0.4, -0.2) is 83.2 Å². The summed E-state index contributed by atoms with van der Waals surface area (Å²) in [6, 6.07) is 16.1. The van der Waals surface area contributed by atoms with Crippen molar-refractivity contribution in [2.24, 2.45) is 0 Å². The van der Waals surface area contributed by atoms with Gasteiger partial charge >= 0.3 is 18.2 Å². The van der Waals surface area contributed by atoms with Gasteiger partial charge in [0.1, 0.15) is 12.2 Å². The van der Waals surface area contributed by atoms with E-state index in [4.69, 9.17) is 14.2 Å². The maximum Gasteiger partial charge on any atom is 0.410 e. The Morgan fingerprint density at radius 1 is 1.05 bits per heavy atom. The van der Waals surface area contributed by atoms with Crippen molar-refractivity contribution >= 4 is 18.2 Å². The van der Waals surface area contributed by atoms with Crippen LogP contribution in [0.1, 0.15) is 57.1 Å². The molecular formula is C30H36N2O7. The van der Waals surface area contributed by atoms with Crippen molar-refractivity contribution in [1.82, 2.24) is 9.80 Å². The maximum atomic E-state index is 13.6. The average Bonchev–Trinajstić information content (AvgIpc) is 3.48. The SMILES string of the molecule is CC(C)(C)OC(=O)N1CC(C(=O)O)(N(CCC2CCCO2)C(=O)OCC2c3ccccc3-c3ccccc32)C1. The van der Waals surface area contributed by atoms with Crippen LogP contribution < -0.4 is 0 Å². The van der Waals surface area contributed by atoms with Crippen LogP contribution in [0.2, 0.25) is 0 Å². The maximum absolute atomic E-state index is 13.6. The number of amides is 2. The van der Waals surface area contributed by atoms with Gasteiger partial charge in [0.15, 0.2) is 5.54 Å². The molecule has 2 amide bonds. The number of carbonyl (C=O) groups excluding carboxylic acids is 2. The van der Waals surface area contributed by atoms with Crippen LogP contribution in [-0.2, 0) is 19.0 Å². The number of aliphatic carboxylic acids is 1. The lowest BCUT2D eigenvalue weighted by molar-refractivity contribution is -0.162. The van der Waals surface area contributed by atoms with Crippen molar-refractivity contribution in [2.45, 2.75) is 63.2 Å². The molecular weight excluding hydrogens is 500 g/mol. The molecule has 2 aliphatic heterocycles. The number of fused-ring (bicyclic) bond motifs is 3. The molecule has 3 aliphatic rings. The first-order valence-electron chi connectivity index (χ1n) is 13.5. The summed E-state index contributed by atoms with van der Waals surface area (Å²) in [7, 11) is 0. The van der Waals surface area contributed by atoms with E-state index in [1.165, 1.54) is 9.80 Å². The molecule has 1 unspecified atom stereocenters. The van der Waals surface area contributed by atoms with Crippen LogP contribution in [0.25, 0.3) is 11.1 Å². The zero-order valence-corrected chi connectivity index (χ0v) is 22.7. The minimum absolute atomic E-state index is 0.0400. The van der Waals surface area contributed by atoms with Crippen LogP contribution in [0.15, 0.2) is 48.5 Å². The monoisotopic (exact) mass is 536 g/mol. The van der Waals surface area contributed by atoms with E-state index in [0.29, 0.717) is 13.0 Å². The highest BCUT2D eigenvalue weighted by molar-refractivity contribution is 5.89. The summed E-state index contributed by atoms with van der Waals surface area (Å²) in [6.45, 7) is 5.79. The number of hydrogen-bond donors (Lipinski definition) is 1. The molecule has 0 spiro atoms. The fraction of sp³-hybridized carbons (Fsp3) is 0.500. The van der Waals surface area contributed by atoms with Gasteiger partial charge < -0.3 is 24.2 Å². The molecule has 0 aromatic heterocycles. The van der Waals surface area contributed by atoms with Crippen LogP contribution in [0, 0.1) is 0 Å². The topological polar surface area (TPSA) is 106 Å². The largest absolute Gasteiger partial charge is 0.479 e. The van der Waals surface area contributed by atoms with Crippen molar-refractivity contribution in [1.29, 1.82) is 0 Å². The smallest absolute Gasteiger partial charge is 0.410 e. The Kier molecular flexibility index (Phi) is 7.29. The van der Waals surface area contributed by atoms with Crippen molar-refractivity contribution in [3.05, 3.63) is 59.7 Å². The molecule has 0 saturated carbocycles. The van der Waals surface area contributed by atoms with Crippen LogP contribution >= 0.6 is 0 Å². The molecule has 208 valence electrons. The highest BCUT2D eigenvalue weighted by Crippen LogP contribution is 2.44. The second-order valence-electron chi connectivity index (χ2n) is 11.6. The van der Waals surface area contributed by atoms with E-state index >= 15 is 0 Å². The number of ether oxygens (including phenoxy) is 3. The van der Waals surface area contributed by atoms with Gasteiger partial charge in [0, 0.05) is 19.1 Å². The van der Waals surface area contributed by atoms with Gasteiger partial charge in [-0.15, -0.1) is 0 Å². The third-order valence-electron chi connectivity index (χ3n) is 7.73. The first kappa shape index (κ1) is 27.0. The quantitative estimate of drug-likeness (QED) is 0.538. The summed E-state index contributed by atoms with van der Waals surface area (Å²) in [6.07, 6.45) is 0.939. The number of carbonyl (C=O) groups is 3. The van der Waals surface area contributed by atoms with Crippen LogP contribution in [0.4, 0.5) is 9.59 Å². The van der Waals surface area contributed by atoms with E-state index in [0.717, 1.165) is 35.1 Å². The summed E-state index contributed by atoms with van der Waals surface area (Å²) in [5.74, 6) is -1.33. The molecule has 2 aromatic carbocycles. The van der Waals surface area contributed by atoms with Gasteiger partial charge in [-0.25, -0.2) is 14.4 Å². The van der Waals surface area contributed by atoms with Gasteiger partial charge in [0.25, 0.3) is 0 Å². The lowest BCUT2D eigenvalue weighted by Gasteiger charge is -2.51. The first-order valence-corrected chi connectivity index (χ1v) is 13.5. The van der Waals surface area contributed by atoms with Gasteiger partial charge in [0.2, 0.25) is 0 Å². The Morgan fingerprint density at radius 2 is 1.67 bits per heavy atom. The Morgan fingerprint density at radius 3 is 2.21 bits per heavy atom. The third-order valence-corrected chi connectivity index (χ3v) is 7.73. The molecule has 0 bridgehead atoms. The molecule has 0 radical (unpaired) electrons. The van der Waals surface area contributed by atoms with Crippen molar-refractivity contribution in [3.63, 3.8) is 0 Å². The number of carboxylic acids is 1. The highest BCUT2D eigenvalue weighted by atomic mass is 16.6. The summed E-state index contributed by atoms with van der Waals surface area (Å²) in [5.41, 5.74) is 2.05. The molecule has 2 heterocycles. The Bertz CT molecular complexity index is 1200. The summed E-state index contributed by atoms with van der Waals surface area (Å²) in [4.78, 5) is 41.5. The predicted octanol–water partition coefficient (Wildman–Crippen LogP) is 4.88. The highest BCUT2D eigenvalue weighted by Gasteiger charge is 2.58. The number of likely N-dealkylation sites (tertiary alicyclic amines) is 1. The second-order valence-corrected chi connectivity index (χ2v) is 11.6. The molecule has 9 heteroatoms. The van der Waals surface area contributed by atoms with Gasteiger partial charge in [-0.05, 0) is 62.3 Å². The minimum atomic E-state index is -1.60. The number of carboxylic acid groups (broad SMARTS) is 1. The van der Waals surface area contributed by atoms with E-state index in [2.05, 4.69) is 12.1 Å². The lowest BCUT2D eigenvalue weighted by Crippen LogP contribution is -2.76. The van der Waals surface area contributed by atoms with Gasteiger partial charge in [0.05, 0.1) is 19.2 Å². The Hall–Kier alpha value is -3.59. The molecule has 2 fully saturated rings. The van der Waals surface area contributed by atoms with Gasteiger partial charge in [-0.1, -0.05) is 48.5 Å². The molecule has 2 aromatic rings. The normalized spacial score (nSPS) is 19.6. The Balaban J connectivity index is 1.34. The fourth-order valence-corrected chi connectivity index (χ4v) is 5.76. The zero-order valence-electron chi connectivity index (χ0n) is 22.7. The summed E-state index contributed by atoms with van der Waals surface area (Å²) in [5, 5.41) is 10.3. The summed E-state index contributed by atoms with van der Waals surface area (Å²) < 4.78 is 17.0. The van der Waals surface area contributed by atoms with E-state index in [1.807, 2.05) is 36.4 Å².